The summed E-state index contributed by atoms with van der Waals surface area (Å²) in [5, 5.41) is 4.62. The van der Waals surface area contributed by atoms with Gasteiger partial charge in [0.2, 0.25) is 0 Å². The molecule has 1 atom stereocenters. The highest BCUT2D eigenvalue weighted by molar-refractivity contribution is 8.14. The molecule has 0 bridgehead atoms. The van der Waals surface area contributed by atoms with Crippen LogP contribution in [-0.4, -0.2) is 38.7 Å². The summed E-state index contributed by atoms with van der Waals surface area (Å²) in [4.78, 5) is 4.79. The van der Waals surface area contributed by atoms with Crippen LogP contribution in [0.15, 0.2) is 35.3 Å². The van der Waals surface area contributed by atoms with Crippen LogP contribution in [-0.2, 0) is 17.2 Å². The summed E-state index contributed by atoms with van der Waals surface area (Å²) < 4.78 is 11.3. The molecular formula is C15H20N2OS2. The molecule has 3 nitrogen and oxygen atoms in total. The number of amidine groups is 1. The van der Waals surface area contributed by atoms with Gasteiger partial charge in [0.1, 0.15) is 0 Å². The summed E-state index contributed by atoms with van der Waals surface area (Å²) in [6.07, 6.45) is 3.04. The van der Waals surface area contributed by atoms with Gasteiger partial charge < -0.3 is 5.32 Å². The average molecular weight is 308 g/mol. The van der Waals surface area contributed by atoms with Crippen molar-refractivity contribution < 1.29 is 4.21 Å². The molecule has 0 radical (unpaired) electrons. The monoisotopic (exact) mass is 308 g/mol. The van der Waals surface area contributed by atoms with E-state index in [0.717, 1.165) is 41.7 Å². The minimum absolute atomic E-state index is 0.391. The Balaban J connectivity index is 1.51. The van der Waals surface area contributed by atoms with Crippen molar-refractivity contribution in [2.75, 3.05) is 17.3 Å². The third-order valence-corrected chi connectivity index (χ3v) is 6.17. The maximum Gasteiger partial charge on any atom is 0.157 e. The Kier molecular flexibility index (Phi) is 4.78. The third kappa shape index (κ3) is 3.85. The minimum Gasteiger partial charge on any atom is -0.362 e. The van der Waals surface area contributed by atoms with Crippen LogP contribution < -0.4 is 5.32 Å². The van der Waals surface area contributed by atoms with Gasteiger partial charge in [-0.05, 0) is 24.8 Å². The van der Waals surface area contributed by atoms with Crippen molar-refractivity contribution in [1.29, 1.82) is 0 Å². The van der Waals surface area contributed by atoms with E-state index < -0.39 is 10.8 Å². The van der Waals surface area contributed by atoms with Crippen LogP contribution in [0, 0.1) is 0 Å². The summed E-state index contributed by atoms with van der Waals surface area (Å²) in [5.74, 6) is 2.74. The zero-order valence-corrected chi connectivity index (χ0v) is 13.1. The molecule has 0 spiro atoms. The van der Waals surface area contributed by atoms with Crippen LogP contribution in [0.5, 0.6) is 0 Å². The van der Waals surface area contributed by atoms with Crippen molar-refractivity contribution in [1.82, 2.24) is 5.32 Å². The number of aliphatic imine (C=N–C) groups is 1. The minimum atomic E-state index is -0.584. The van der Waals surface area contributed by atoms with Crippen LogP contribution in [0.4, 0.5) is 0 Å². The molecule has 3 rings (SSSR count). The zero-order chi connectivity index (χ0) is 13.8. The summed E-state index contributed by atoms with van der Waals surface area (Å²) in [6.45, 7) is 0. The van der Waals surface area contributed by atoms with Crippen molar-refractivity contribution in [2.45, 2.75) is 31.3 Å². The fraction of sp³-hybridized carbons (Fsp3) is 0.533. The van der Waals surface area contributed by atoms with Crippen molar-refractivity contribution in [3.63, 3.8) is 0 Å². The summed E-state index contributed by atoms with van der Waals surface area (Å²) in [5.41, 5.74) is 1.36. The van der Waals surface area contributed by atoms with E-state index >= 15 is 0 Å². The molecule has 0 aliphatic carbocycles. The molecule has 1 aromatic rings. The average Bonchev–Trinajstić information content (AvgIpc) is 2.90. The van der Waals surface area contributed by atoms with Gasteiger partial charge in [0.25, 0.3) is 0 Å². The maximum absolute atomic E-state index is 11.3. The zero-order valence-electron chi connectivity index (χ0n) is 11.5. The van der Waals surface area contributed by atoms with Gasteiger partial charge >= 0.3 is 0 Å². The number of rotatable bonds is 3. The summed E-state index contributed by atoms with van der Waals surface area (Å²) in [7, 11) is -0.584. The molecule has 2 aliphatic rings. The molecule has 0 amide bonds. The largest absolute Gasteiger partial charge is 0.362 e. The lowest BCUT2D eigenvalue weighted by Crippen LogP contribution is -2.37. The Hall–Kier alpha value is -0.810. The first-order valence-electron chi connectivity index (χ1n) is 7.15. The fourth-order valence-corrected chi connectivity index (χ4v) is 4.91. The second-order valence-electron chi connectivity index (χ2n) is 5.36. The summed E-state index contributed by atoms with van der Waals surface area (Å²) >= 11 is 1.83. The van der Waals surface area contributed by atoms with E-state index in [0.29, 0.717) is 12.1 Å². The second kappa shape index (κ2) is 6.76. The summed E-state index contributed by atoms with van der Waals surface area (Å²) in [6, 6.07) is 11.4. The lowest BCUT2D eigenvalue weighted by atomic mass is 10.1. The lowest BCUT2D eigenvalue weighted by molar-refractivity contribution is 0.553. The Labute approximate surface area is 127 Å². The third-order valence-electron chi connectivity index (χ3n) is 3.74. The second-order valence-corrected chi connectivity index (χ2v) is 8.06. The van der Waals surface area contributed by atoms with Gasteiger partial charge in [-0.2, -0.15) is 0 Å². The van der Waals surface area contributed by atoms with E-state index in [-0.39, 0.29) is 0 Å². The van der Waals surface area contributed by atoms with Gasteiger partial charge in [-0.3, -0.25) is 9.20 Å². The Bertz CT molecular complexity index is 494. The normalized spacial score (nSPS) is 30.0. The molecule has 5 heteroatoms. The highest BCUT2D eigenvalue weighted by Gasteiger charge is 2.23. The van der Waals surface area contributed by atoms with E-state index in [1.54, 1.807) is 0 Å². The fourth-order valence-electron chi connectivity index (χ4n) is 2.60. The first-order valence-corrected chi connectivity index (χ1v) is 9.63. The standard InChI is InChI=1S/C15H20N2OS2/c18-20-8-6-13(7-9-20)16-15-17-14(11-19-15)10-12-4-2-1-3-5-12/h1-5,13-14H,6-11H2,(H,16,17). The molecular weight excluding hydrogens is 288 g/mol. The molecule has 2 aliphatic heterocycles. The van der Waals surface area contributed by atoms with Gasteiger partial charge in [-0.1, -0.05) is 42.1 Å². The first kappa shape index (κ1) is 14.1. The molecule has 20 heavy (non-hydrogen) atoms. The van der Waals surface area contributed by atoms with E-state index in [9.17, 15) is 4.21 Å². The van der Waals surface area contributed by atoms with Crippen LogP contribution in [0.2, 0.25) is 0 Å². The molecule has 1 unspecified atom stereocenters. The van der Waals surface area contributed by atoms with Crippen molar-refractivity contribution in [3.8, 4) is 0 Å². The van der Waals surface area contributed by atoms with E-state index in [1.165, 1.54) is 5.56 Å². The highest BCUT2D eigenvalue weighted by atomic mass is 32.2. The Morgan fingerprint density at radius 2 is 2.00 bits per heavy atom. The number of hydrogen-bond acceptors (Lipinski definition) is 4. The number of nitrogens with zero attached hydrogens (tertiary/aromatic N) is 1. The smallest absolute Gasteiger partial charge is 0.157 e. The number of benzene rings is 1. The van der Waals surface area contributed by atoms with E-state index in [4.69, 9.17) is 4.99 Å². The maximum atomic E-state index is 11.3. The quantitative estimate of drug-likeness (QED) is 0.931. The molecule has 108 valence electrons. The molecule has 2 heterocycles. The number of hydrogen-bond donors (Lipinski definition) is 1. The number of nitrogens with one attached hydrogen (secondary N) is 1. The van der Waals surface area contributed by atoms with Crippen molar-refractivity contribution in [2.24, 2.45) is 4.99 Å². The van der Waals surface area contributed by atoms with E-state index in [2.05, 4.69) is 35.6 Å². The lowest BCUT2D eigenvalue weighted by Gasteiger charge is -2.22. The van der Waals surface area contributed by atoms with E-state index in [1.807, 2.05) is 11.8 Å². The van der Waals surface area contributed by atoms with Crippen molar-refractivity contribution in [3.05, 3.63) is 35.9 Å². The van der Waals surface area contributed by atoms with Gasteiger partial charge in [0.05, 0.1) is 6.04 Å². The number of thioether (sulfide) groups is 1. The Morgan fingerprint density at radius 1 is 1.25 bits per heavy atom. The van der Waals surface area contributed by atoms with Crippen LogP contribution in [0.25, 0.3) is 0 Å². The molecule has 1 fully saturated rings. The van der Waals surface area contributed by atoms with Gasteiger partial charge in [-0.15, -0.1) is 0 Å². The van der Waals surface area contributed by atoms with Gasteiger partial charge in [-0.25, -0.2) is 0 Å². The molecule has 1 aromatic carbocycles. The first-order chi connectivity index (χ1) is 9.79. The van der Waals surface area contributed by atoms with Crippen molar-refractivity contribution >= 4 is 27.7 Å². The molecule has 0 saturated carbocycles. The van der Waals surface area contributed by atoms with Crippen LogP contribution in [0.3, 0.4) is 0 Å². The highest BCUT2D eigenvalue weighted by Crippen LogP contribution is 2.21. The predicted octanol–water partition coefficient (Wildman–Crippen LogP) is 2.20. The molecule has 0 aromatic heterocycles. The van der Waals surface area contributed by atoms with Crippen LogP contribution in [0.1, 0.15) is 18.4 Å². The van der Waals surface area contributed by atoms with Crippen LogP contribution >= 0.6 is 11.8 Å². The molecule has 1 N–H and O–H groups in total. The van der Waals surface area contributed by atoms with Gasteiger partial charge in [0, 0.05) is 34.1 Å². The predicted molar refractivity (Wildman–Crippen MR) is 87.9 cm³/mol. The topological polar surface area (TPSA) is 41.5 Å². The van der Waals surface area contributed by atoms with Gasteiger partial charge in [0.15, 0.2) is 5.17 Å². The SMILES string of the molecule is O=S1CCC(NC2=NC(Cc3ccccc3)CS2)CC1. The Morgan fingerprint density at radius 3 is 2.75 bits per heavy atom. The molecule has 1 saturated heterocycles.